The number of amides is 2. The molecule has 0 unspecified atom stereocenters. The van der Waals surface area contributed by atoms with Crippen molar-refractivity contribution in [2.24, 2.45) is 4.99 Å². The van der Waals surface area contributed by atoms with Crippen LogP contribution in [0.1, 0.15) is 5.56 Å². The minimum atomic E-state index is -0.411. The number of H-pyrrole nitrogens is 1. The number of nitrogens with one attached hydrogen (secondary N) is 2. The zero-order chi connectivity index (χ0) is 13.8. The lowest BCUT2D eigenvalue weighted by molar-refractivity contribution is 0.259. The number of aliphatic imine (C=N–C) groups is 1. The number of carbonyl (C=O) groups is 1. The number of aromatic amines is 1. The van der Waals surface area contributed by atoms with E-state index in [0.717, 1.165) is 22.2 Å². The van der Waals surface area contributed by atoms with Gasteiger partial charge in [-0.2, -0.15) is 0 Å². The Morgan fingerprint density at radius 2 is 2.00 bits per heavy atom. The Morgan fingerprint density at radius 1 is 1.20 bits per heavy atom. The number of nitrogens with zero attached hydrogens (tertiary/aromatic N) is 2. The van der Waals surface area contributed by atoms with E-state index in [1.807, 2.05) is 24.3 Å². The van der Waals surface area contributed by atoms with Crippen LogP contribution < -0.4 is 5.32 Å². The maximum absolute atomic E-state index is 11.8. The second-order valence-corrected chi connectivity index (χ2v) is 4.22. The third-order valence-electron chi connectivity index (χ3n) is 2.87. The molecule has 3 aromatic rings. The summed E-state index contributed by atoms with van der Waals surface area (Å²) >= 11 is 0. The van der Waals surface area contributed by atoms with E-state index in [4.69, 9.17) is 0 Å². The first kappa shape index (κ1) is 12.1. The molecule has 0 spiro atoms. The standard InChI is InChI=1S/C15H12N4O/c20-15(18-9-11-5-7-16-8-6-11)19-14-10-17-13-4-2-1-3-12(13)14/h1-10,17H,(H,19,20). The SMILES string of the molecule is O=C(N=Cc1ccncc1)Nc1c[nH]c2ccccc12. The second-order valence-electron chi connectivity index (χ2n) is 4.22. The molecular formula is C15H12N4O. The number of hydrogen-bond donors (Lipinski definition) is 2. The largest absolute Gasteiger partial charge is 0.359 e. The number of rotatable bonds is 2. The van der Waals surface area contributed by atoms with E-state index in [2.05, 4.69) is 20.3 Å². The van der Waals surface area contributed by atoms with Gasteiger partial charge in [0, 0.05) is 35.7 Å². The van der Waals surface area contributed by atoms with E-state index in [1.54, 1.807) is 30.7 Å². The van der Waals surface area contributed by atoms with Crippen LogP contribution in [-0.2, 0) is 0 Å². The van der Waals surface area contributed by atoms with Gasteiger partial charge in [0.25, 0.3) is 0 Å². The fraction of sp³-hybridized carbons (Fsp3) is 0. The highest BCUT2D eigenvalue weighted by atomic mass is 16.2. The topological polar surface area (TPSA) is 70.1 Å². The van der Waals surface area contributed by atoms with E-state index in [-0.39, 0.29) is 0 Å². The van der Waals surface area contributed by atoms with Gasteiger partial charge in [-0.05, 0) is 23.8 Å². The van der Waals surface area contributed by atoms with Crippen molar-refractivity contribution in [2.75, 3.05) is 5.32 Å². The maximum Gasteiger partial charge on any atom is 0.345 e. The lowest BCUT2D eigenvalue weighted by Crippen LogP contribution is -2.06. The van der Waals surface area contributed by atoms with Gasteiger partial charge in [-0.15, -0.1) is 0 Å². The molecule has 1 aromatic carbocycles. The molecule has 0 saturated heterocycles. The predicted molar refractivity (Wildman–Crippen MR) is 79.1 cm³/mol. The molecule has 0 aliphatic carbocycles. The number of fused-ring (bicyclic) bond motifs is 1. The quantitative estimate of drug-likeness (QED) is 0.698. The lowest BCUT2D eigenvalue weighted by Gasteiger charge is -1.98. The fourth-order valence-electron chi connectivity index (χ4n) is 1.91. The number of urea groups is 1. The van der Waals surface area contributed by atoms with E-state index in [9.17, 15) is 4.79 Å². The van der Waals surface area contributed by atoms with Crippen molar-refractivity contribution in [3.05, 3.63) is 60.6 Å². The van der Waals surface area contributed by atoms with E-state index in [0.29, 0.717) is 0 Å². The van der Waals surface area contributed by atoms with Gasteiger partial charge in [-0.1, -0.05) is 18.2 Å². The van der Waals surface area contributed by atoms with Crippen LogP contribution in [0, 0.1) is 0 Å². The minimum Gasteiger partial charge on any atom is -0.359 e. The molecule has 2 N–H and O–H groups in total. The monoisotopic (exact) mass is 264 g/mol. The van der Waals surface area contributed by atoms with E-state index in [1.165, 1.54) is 6.21 Å². The van der Waals surface area contributed by atoms with Gasteiger partial charge in [0.2, 0.25) is 0 Å². The smallest absolute Gasteiger partial charge is 0.345 e. The molecule has 3 rings (SSSR count). The molecule has 98 valence electrons. The summed E-state index contributed by atoms with van der Waals surface area (Å²) in [7, 11) is 0. The molecular weight excluding hydrogens is 252 g/mol. The molecule has 0 fully saturated rings. The Morgan fingerprint density at radius 3 is 2.85 bits per heavy atom. The summed E-state index contributed by atoms with van der Waals surface area (Å²) in [4.78, 5) is 22.6. The Balaban J connectivity index is 1.75. The van der Waals surface area contributed by atoms with Gasteiger partial charge < -0.3 is 10.3 Å². The average Bonchev–Trinajstić information content (AvgIpc) is 2.90. The Labute approximate surface area is 115 Å². The molecule has 0 aliphatic heterocycles. The van der Waals surface area contributed by atoms with Crippen LogP contribution in [-0.4, -0.2) is 22.2 Å². The predicted octanol–water partition coefficient (Wildman–Crippen LogP) is 3.21. The van der Waals surface area contributed by atoms with Crippen LogP contribution >= 0.6 is 0 Å². The average molecular weight is 264 g/mol. The van der Waals surface area contributed by atoms with Crippen LogP contribution in [0.2, 0.25) is 0 Å². The van der Waals surface area contributed by atoms with Crippen LogP contribution in [0.25, 0.3) is 10.9 Å². The molecule has 0 bridgehead atoms. The van der Waals surface area contributed by atoms with Gasteiger partial charge in [0.1, 0.15) is 0 Å². The number of hydrogen-bond acceptors (Lipinski definition) is 2. The van der Waals surface area contributed by atoms with Crippen molar-refractivity contribution in [3.63, 3.8) is 0 Å². The van der Waals surface area contributed by atoms with Crippen LogP contribution in [0.4, 0.5) is 10.5 Å². The molecule has 5 nitrogen and oxygen atoms in total. The van der Waals surface area contributed by atoms with E-state index < -0.39 is 6.03 Å². The second kappa shape index (κ2) is 5.36. The van der Waals surface area contributed by atoms with Crippen LogP contribution in [0.5, 0.6) is 0 Å². The van der Waals surface area contributed by atoms with Crippen LogP contribution in [0.15, 0.2) is 60.0 Å². The lowest BCUT2D eigenvalue weighted by atomic mass is 10.2. The number of aromatic nitrogens is 2. The first-order chi connectivity index (χ1) is 9.83. The van der Waals surface area contributed by atoms with Crippen molar-refractivity contribution in [1.29, 1.82) is 0 Å². The van der Waals surface area contributed by atoms with Crippen molar-refractivity contribution in [3.8, 4) is 0 Å². The Bertz CT molecular complexity index is 762. The number of anilines is 1. The summed E-state index contributed by atoms with van der Waals surface area (Å²) in [5, 5.41) is 3.71. The highest BCUT2D eigenvalue weighted by Crippen LogP contribution is 2.22. The Hall–Kier alpha value is -2.95. The van der Waals surface area contributed by atoms with Gasteiger partial charge >= 0.3 is 6.03 Å². The molecule has 0 aliphatic rings. The summed E-state index contributed by atoms with van der Waals surface area (Å²) in [6.45, 7) is 0. The molecule has 0 radical (unpaired) electrons. The Kier molecular flexibility index (Phi) is 3.24. The zero-order valence-electron chi connectivity index (χ0n) is 10.6. The highest BCUT2D eigenvalue weighted by Gasteiger charge is 2.05. The van der Waals surface area contributed by atoms with Gasteiger partial charge in [-0.3, -0.25) is 4.98 Å². The van der Waals surface area contributed by atoms with Gasteiger partial charge in [0.15, 0.2) is 0 Å². The van der Waals surface area contributed by atoms with Gasteiger partial charge in [-0.25, -0.2) is 9.79 Å². The number of benzene rings is 1. The molecule has 0 atom stereocenters. The summed E-state index contributed by atoms with van der Waals surface area (Å²) in [5.74, 6) is 0. The fourth-order valence-corrected chi connectivity index (χ4v) is 1.91. The maximum atomic E-state index is 11.8. The summed E-state index contributed by atoms with van der Waals surface area (Å²) in [6, 6.07) is 10.9. The summed E-state index contributed by atoms with van der Waals surface area (Å²) in [5.41, 5.74) is 2.52. The van der Waals surface area contributed by atoms with Crippen molar-refractivity contribution < 1.29 is 4.79 Å². The normalized spacial score (nSPS) is 11.0. The van der Waals surface area contributed by atoms with E-state index >= 15 is 0 Å². The van der Waals surface area contributed by atoms with Crippen molar-refractivity contribution in [2.45, 2.75) is 0 Å². The van der Waals surface area contributed by atoms with Crippen LogP contribution in [0.3, 0.4) is 0 Å². The first-order valence-corrected chi connectivity index (χ1v) is 6.14. The summed E-state index contributed by atoms with van der Waals surface area (Å²) in [6.07, 6.45) is 6.56. The summed E-state index contributed by atoms with van der Waals surface area (Å²) < 4.78 is 0. The van der Waals surface area contributed by atoms with Crippen molar-refractivity contribution >= 4 is 28.8 Å². The van der Waals surface area contributed by atoms with Crippen molar-refractivity contribution in [1.82, 2.24) is 9.97 Å². The molecule has 0 saturated carbocycles. The minimum absolute atomic E-state index is 0.411. The zero-order valence-corrected chi connectivity index (χ0v) is 10.6. The number of pyridine rings is 1. The third kappa shape index (κ3) is 2.56. The third-order valence-corrected chi connectivity index (χ3v) is 2.87. The van der Waals surface area contributed by atoms with Gasteiger partial charge in [0.05, 0.1) is 5.69 Å². The highest BCUT2D eigenvalue weighted by molar-refractivity contribution is 6.04. The molecule has 20 heavy (non-hydrogen) atoms. The molecule has 2 aromatic heterocycles. The molecule has 2 amide bonds. The first-order valence-electron chi connectivity index (χ1n) is 6.14. The molecule has 5 heteroatoms. The number of carbonyl (C=O) groups excluding carboxylic acids is 1. The molecule has 2 heterocycles. The number of para-hydroxylation sites is 1.